The summed E-state index contributed by atoms with van der Waals surface area (Å²) < 4.78 is 45.4. The monoisotopic (exact) mass is 177 g/mol. The maximum absolute atomic E-state index is 9.21. The molecule has 0 atom stereocenters. The van der Waals surface area contributed by atoms with Crippen molar-refractivity contribution in [3.63, 3.8) is 0 Å². The highest BCUT2D eigenvalue weighted by molar-refractivity contribution is 7.80. The first-order valence-electron chi connectivity index (χ1n) is 1.25. The van der Waals surface area contributed by atoms with Crippen molar-refractivity contribution in [1.82, 2.24) is 0 Å². The Bertz CT molecular complexity index is 171. The van der Waals surface area contributed by atoms with Crippen molar-refractivity contribution in [2.45, 2.75) is 0 Å². The van der Waals surface area contributed by atoms with Gasteiger partial charge in [0, 0.05) is 0 Å². The summed E-state index contributed by atoms with van der Waals surface area (Å²) in [5, 5.41) is 0. The van der Waals surface area contributed by atoms with E-state index in [9.17, 15) is 8.42 Å². The third-order valence-electron chi connectivity index (χ3n) is 0.122. The highest BCUT2D eigenvalue weighted by atomic mass is 32.3. The first kappa shape index (κ1) is 11.4. The average Bonchev–Trinajstić information content (AvgIpc) is 1.67. The Morgan fingerprint density at radius 2 is 1.56 bits per heavy atom. The molecule has 0 aliphatic rings. The van der Waals surface area contributed by atoms with Gasteiger partial charge in [-0.2, -0.15) is 27.0 Å². The van der Waals surface area contributed by atoms with E-state index in [2.05, 4.69) is 10.2 Å². The molecule has 0 spiro atoms. The summed E-state index contributed by atoms with van der Waals surface area (Å²) in [5.41, 5.74) is 0. The molecule has 0 rings (SSSR count). The molecule has 7 nitrogen and oxygen atoms in total. The standard InChI is InChI=1S/H3NO4S.O2S/c1-5-6(2,3)4;1-3-2/h1H2,(H,2,3,4);. The molecule has 0 aromatic carbocycles. The van der Waals surface area contributed by atoms with Crippen LogP contribution in [0.3, 0.4) is 0 Å². The maximum atomic E-state index is 9.21. The lowest BCUT2D eigenvalue weighted by atomic mass is 13.6. The molecule has 0 aliphatic carbocycles. The second kappa shape index (κ2) is 5.78. The van der Waals surface area contributed by atoms with E-state index in [4.69, 9.17) is 13.0 Å². The van der Waals surface area contributed by atoms with Crippen LogP contribution in [0.2, 0.25) is 0 Å². The van der Waals surface area contributed by atoms with Crippen LogP contribution in [-0.2, 0) is 26.3 Å². The molecule has 0 aromatic rings. The van der Waals surface area contributed by atoms with Crippen LogP contribution in [0, 0.1) is 0 Å². The summed E-state index contributed by atoms with van der Waals surface area (Å²) >= 11 is -0.750. The molecule has 0 aromatic heterocycles. The molecule has 9 heteroatoms. The lowest BCUT2D eigenvalue weighted by Crippen LogP contribution is -2.08. The normalized spacial score (nSPS) is 9.11. The SMILES string of the molecule is NOS(=O)(=O)O.O=S=O. The van der Waals surface area contributed by atoms with Crippen molar-refractivity contribution >= 4 is 22.0 Å². The third-order valence-corrected chi connectivity index (χ3v) is 0.365. The quantitative estimate of drug-likeness (QED) is 0.351. The van der Waals surface area contributed by atoms with Gasteiger partial charge in [0.1, 0.15) is 0 Å². The van der Waals surface area contributed by atoms with Crippen molar-refractivity contribution in [2.24, 2.45) is 5.90 Å². The zero-order chi connectivity index (χ0) is 7.91. The predicted molar refractivity (Wildman–Crippen MR) is 25.7 cm³/mol. The van der Waals surface area contributed by atoms with E-state index in [-0.39, 0.29) is 0 Å². The van der Waals surface area contributed by atoms with Crippen LogP contribution in [0.25, 0.3) is 0 Å². The first-order valence-corrected chi connectivity index (χ1v) is 3.28. The zero-order valence-corrected chi connectivity index (χ0v) is 5.52. The summed E-state index contributed by atoms with van der Waals surface area (Å²) in [6.07, 6.45) is 0. The Morgan fingerprint density at radius 1 is 1.44 bits per heavy atom. The highest BCUT2D eigenvalue weighted by Crippen LogP contribution is 1.70. The van der Waals surface area contributed by atoms with Crippen LogP contribution in [0.5, 0.6) is 0 Å². The molecular weight excluding hydrogens is 174 g/mol. The minimum absolute atomic E-state index is 0.750. The van der Waals surface area contributed by atoms with Crippen LogP contribution in [0.15, 0.2) is 0 Å². The molecule has 0 bridgehead atoms. The lowest BCUT2D eigenvalue weighted by molar-refractivity contribution is 0.277. The van der Waals surface area contributed by atoms with Crippen LogP contribution in [0.4, 0.5) is 0 Å². The smallest absolute Gasteiger partial charge is 0.262 e. The summed E-state index contributed by atoms with van der Waals surface area (Å²) in [5.74, 6) is 3.97. The summed E-state index contributed by atoms with van der Waals surface area (Å²) in [7, 11) is -4.38. The Morgan fingerprint density at radius 3 is 1.56 bits per heavy atom. The van der Waals surface area contributed by atoms with Gasteiger partial charge in [-0.05, 0) is 0 Å². The van der Waals surface area contributed by atoms with Gasteiger partial charge in [0.05, 0.1) is 0 Å². The van der Waals surface area contributed by atoms with Gasteiger partial charge in [0.15, 0.2) is 0 Å². The van der Waals surface area contributed by atoms with Gasteiger partial charge in [-0.25, -0.2) is 0 Å². The Balaban J connectivity index is 0. The van der Waals surface area contributed by atoms with Crippen molar-refractivity contribution in [3.8, 4) is 0 Å². The minimum atomic E-state index is -4.38. The molecule has 0 amide bonds. The third kappa shape index (κ3) is 34.8. The van der Waals surface area contributed by atoms with Gasteiger partial charge in [-0.1, -0.05) is 0 Å². The maximum Gasteiger partial charge on any atom is 0.413 e. The Hall–Kier alpha value is -0.350. The van der Waals surface area contributed by atoms with E-state index in [1.54, 1.807) is 0 Å². The summed E-state index contributed by atoms with van der Waals surface area (Å²) in [6.45, 7) is 0. The van der Waals surface area contributed by atoms with E-state index in [1.807, 2.05) is 0 Å². The van der Waals surface area contributed by atoms with Crippen LogP contribution >= 0.6 is 0 Å². The number of hydrogen-bond acceptors (Lipinski definition) is 6. The van der Waals surface area contributed by atoms with Gasteiger partial charge in [0.2, 0.25) is 0 Å². The zero-order valence-electron chi connectivity index (χ0n) is 3.88. The average molecular weight is 177 g/mol. The molecule has 0 aliphatic heterocycles. The fourth-order valence-electron chi connectivity index (χ4n) is 0. The van der Waals surface area contributed by atoms with Gasteiger partial charge in [-0.15, -0.1) is 0 Å². The molecular formula is H3NO6S2. The molecule has 0 fully saturated rings. The van der Waals surface area contributed by atoms with E-state index in [0.29, 0.717) is 0 Å². The molecule has 9 heavy (non-hydrogen) atoms. The summed E-state index contributed by atoms with van der Waals surface area (Å²) in [6, 6.07) is 0. The van der Waals surface area contributed by atoms with Gasteiger partial charge >= 0.3 is 22.0 Å². The van der Waals surface area contributed by atoms with Crippen LogP contribution in [-0.4, -0.2) is 21.4 Å². The van der Waals surface area contributed by atoms with Crippen molar-refractivity contribution in [3.05, 3.63) is 0 Å². The largest absolute Gasteiger partial charge is 0.413 e. The van der Waals surface area contributed by atoms with E-state index in [0.717, 1.165) is 0 Å². The molecule has 0 heterocycles. The van der Waals surface area contributed by atoms with E-state index < -0.39 is 22.0 Å². The Kier molecular flexibility index (Phi) is 7.35. The fourth-order valence-corrected chi connectivity index (χ4v) is 0. The second-order valence-corrected chi connectivity index (χ2v) is 1.78. The van der Waals surface area contributed by atoms with E-state index in [1.165, 1.54) is 0 Å². The number of rotatable bonds is 1. The topological polar surface area (TPSA) is 124 Å². The van der Waals surface area contributed by atoms with Gasteiger partial charge < -0.3 is 0 Å². The van der Waals surface area contributed by atoms with Gasteiger partial charge in [0.25, 0.3) is 0 Å². The molecule has 0 saturated heterocycles. The van der Waals surface area contributed by atoms with E-state index >= 15 is 0 Å². The van der Waals surface area contributed by atoms with Gasteiger partial charge in [-0.3, -0.25) is 4.55 Å². The van der Waals surface area contributed by atoms with Crippen molar-refractivity contribution in [1.29, 1.82) is 0 Å². The van der Waals surface area contributed by atoms with Crippen molar-refractivity contribution in [2.75, 3.05) is 0 Å². The number of nitrogens with two attached hydrogens (primary N) is 1. The Labute approximate surface area is 54.3 Å². The fraction of sp³-hybridized carbons (Fsp3) is 0. The van der Waals surface area contributed by atoms with Crippen LogP contribution in [0.1, 0.15) is 0 Å². The van der Waals surface area contributed by atoms with Crippen LogP contribution < -0.4 is 5.90 Å². The molecule has 0 radical (unpaired) electrons. The molecule has 0 saturated carbocycles. The highest BCUT2D eigenvalue weighted by Gasteiger charge is 1.95. The first-order chi connectivity index (χ1) is 3.97. The second-order valence-electron chi connectivity index (χ2n) is 0.592. The lowest BCUT2D eigenvalue weighted by Gasteiger charge is -1.81. The molecule has 3 N–H and O–H groups in total. The number of hydrogen-bond donors (Lipinski definition) is 2. The van der Waals surface area contributed by atoms with Crippen molar-refractivity contribution < 1.29 is 25.7 Å². The minimum Gasteiger partial charge on any atom is -0.262 e. The predicted octanol–water partition coefficient (Wildman–Crippen LogP) is -1.99. The molecule has 0 unspecified atom stereocenters. The summed E-state index contributed by atoms with van der Waals surface area (Å²) in [4.78, 5) is 0. The molecule has 56 valence electrons.